The van der Waals surface area contributed by atoms with E-state index in [9.17, 15) is 0 Å². The molecular weight excluding hydrogens is 206 g/mol. The fourth-order valence-electron chi connectivity index (χ4n) is 2.66. The number of benzene rings is 1. The maximum absolute atomic E-state index is 2.53. The summed E-state index contributed by atoms with van der Waals surface area (Å²) in [7, 11) is 0. The molecule has 1 aromatic rings. The second kappa shape index (κ2) is 5.22. The molecule has 2 rings (SSSR count). The van der Waals surface area contributed by atoms with Crippen molar-refractivity contribution in [2.75, 3.05) is 6.54 Å². The molecule has 0 saturated carbocycles. The van der Waals surface area contributed by atoms with Gasteiger partial charge in [0.25, 0.3) is 0 Å². The van der Waals surface area contributed by atoms with Gasteiger partial charge in [-0.25, -0.2) is 0 Å². The van der Waals surface area contributed by atoms with Crippen LogP contribution in [0.15, 0.2) is 24.3 Å². The van der Waals surface area contributed by atoms with Crippen molar-refractivity contribution in [3.05, 3.63) is 35.4 Å². The summed E-state index contributed by atoms with van der Waals surface area (Å²) in [6.07, 6.45) is 5.53. The minimum atomic E-state index is 0.270. The second-order valence-electron chi connectivity index (χ2n) is 6.35. The fraction of sp³-hybridized carbons (Fsp3) is 0.625. The highest BCUT2D eigenvalue weighted by Crippen LogP contribution is 2.25. The van der Waals surface area contributed by atoms with Crippen molar-refractivity contribution in [1.29, 1.82) is 0 Å². The first-order valence-electron chi connectivity index (χ1n) is 7.01. The van der Waals surface area contributed by atoms with Crippen LogP contribution in [0.1, 0.15) is 63.6 Å². The van der Waals surface area contributed by atoms with E-state index in [0.717, 1.165) is 0 Å². The van der Waals surface area contributed by atoms with Crippen LogP contribution < -0.4 is 5.32 Å². The Kier molecular flexibility index (Phi) is 3.88. The number of quaternary nitrogens is 1. The van der Waals surface area contributed by atoms with Crippen molar-refractivity contribution in [1.82, 2.24) is 0 Å². The average Bonchev–Trinajstić information content (AvgIpc) is 2.56. The lowest BCUT2D eigenvalue weighted by Gasteiger charge is -2.20. The zero-order valence-electron chi connectivity index (χ0n) is 11.5. The summed E-state index contributed by atoms with van der Waals surface area (Å²) in [5.41, 5.74) is 3.22. The van der Waals surface area contributed by atoms with Crippen LogP contribution in [0.25, 0.3) is 0 Å². The third kappa shape index (κ3) is 3.32. The monoisotopic (exact) mass is 232 g/mol. The van der Waals surface area contributed by atoms with Crippen LogP contribution >= 0.6 is 0 Å². The van der Waals surface area contributed by atoms with E-state index in [1.165, 1.54) is 43.4 Å². The molecule has 0 amide bonds. The molecule has 1 aliphatic rings. The average molecular weight is 232 g/mol. The van der Waals surface area contributed by atoms with E-state index in [1.54, 1.807) is 0 Å². The molecule has 1 nitrogen and oxygen atoms in total. The molecule has 0 spiro atoms. The molecule has 1 heteroatoms. The fourth-order valence-corrected chi connectivity index (χ4v) is 2.66. The van der Waals surface area contributed by atoms with Gasteiger partial charge < -0.3 is 5.32 Å². The van der Waals surface area contributed by atoms with Gasteiger partial charge in [-0.15, -0.1) is 0 Å². The van der Waals surface area contributed by atoms with Crippen LogP contribution in [0.4, 0.5) is 0 Å². The van der Waals surface area contributed by atoms with Crippen molar-refractivity contribution in [3.8, 4) is 0 Å². The first-order valence-corrected chi connectivity index (χ1v) is 7.01. The molecule has 1 atom stereocenters. The summed E-state index contributed by atoms with van der Waals surface area (Å²) in [4.78, 5) is 0. The summed E-state index contributed by atoms with van der Waals surface area (Å²) in [5.74, 6) is 0. The molecule has 0 aromatic heterocycles. The minimum Gasteiger partial charge on any atom is -0.340 e. The lowest BCUT2D eigenvalue weighted by molar-refractivity contribution is -0.694. The Balaban J connectivity index is 2.11. The predicted molar refractivity (Wildman–Crippen MR) is 73.1 cm³/mol. The van der Waals surface area contributed by atoms with Crippen LogP contribution in [0.5, 0.6) is 0 Å². The molecule has 94 valence electrons. The van der Waals surface area contributed by atoms with Gasteiger partial charge in [0.1, 0.15) is 6.04 Å². The molecule has 0 radical (unpaired) electrons. The van der Waals surface area contributed by atoms with Gasteiger partial charge in [-0.05, 0) is 30.2 Å². The Morgan fingerprint density at radius 2 is 1.71 bits per heavy atom. The zero-order chi connectivity index (χ0) is 12.3. The van der Waals surface area contributed by atoms with E-state index >= 15 is 0 Å². The quantitative estimate of drug-likeness (QED) is 0.766. The van der Waals surface area contributed by atoms with E-state index in [-0.39, 0.29) is 5.41 Å². The lowest BCUT2D eigenvalue weighted by atomic mass is 9.86. The highest BCUT2D eigenvalue weighted by atomic mass is 14.9. The van der Waals surface area contributed by atoms with E-state index in [1.807, 2.05) is 0 Å². The Hall–Kier alpha value is -0.820. The molecule has 1 aliphatic heterocycles. The van der Waals surface area contributed by atoms with Crippen LogP contribution in [-0.2, 0) is 5.41 Å². The molecule has 1 saturated heterocycles. The van der Waals surface area contributed by atoms with E-state index < -0.39 is 0 Å². The largest absolute Gasteiger partial charge is 0.340 e. The smallest absolute Gasteiger partial charge is 0.112 e. The molecule has 1 aromatic carbocycles. The van der Waals surface area contributed by atoms with Crippen molar-refractivity contribution in [3.63, 3.8) is 0 Å². The van der Waals surface area contributed by atoms with Gasteiger partial charge in [0, 0.05) is 12.0 Å². The molecular formula is C16H26N+. The topological polar surface area (TPSA) is 16.6 Å². The van der Waals surface area contributed by atoms with Crippen molar-refractivity contribution < 1.29 is 5.32 Å². The second-order valence-corrected chi connectivity index (χ2v) is 6.35. The number of hydrogen-bond acceptors (Lipinski definition) is 0. The van der Waals surface area contributed by atoms with Crippen LogP contribution in [0, 0.1) is 0 Å². The zero-order valence-corrected chi connectivity index (χ0v) is 11.5. The maximum atomic E-state index is 2.53. The normalized spacial score (nSPS) is 22.2. The molecule has 1 heterocycles. The van der Waals surface area contributed by atoms with Gasteiger partial charge in [0.2, 0.25) is 0 Å². The summed E-state index contributed by atoms with van der Waals surface area (Å²) < 4.78 is 0. The lowest BCUT2D eigenvalue weighted by Crippen LogP contribution is -2.84. The Morgan fingerprint density at radius 3 is 2.35 bits per heavy atom. The van der Waals surface area contributed by atoms with Crippen LogP contribution in [0.3, 0.4) is 0 Å². The van der Waals surface area contributed by atoms with Crippen molar-refractivity contribution >= 4 is 0 Å². The summed E-state index contributed by atoms with van der Waals surface area (Å²) >= 11 is 0. The first-order chi connectivity index (χ1) is 8.07. The molecule has 2 N–H and O–H groups in total. The first kappa shape index (κ1) is 12.6. The molecule has 0 aliphatic carbocycles. The molecule has 1 fully saturated rings. The van der Waals surface area contributed by atoms with Crippen LogP contribution in [0.2, 0.25) is 0 Å². The predicted octanol–water partition coefficient (Wildman–Crippen LogP) is 3.16. The summed E-state index contributed by atoms with van der Waals surface area (Å²) in [5, 5.41) is 2.53. The number of nitrogens with two attached hydrogens (primary N) is 1. The van der Waals surface area contributed by atoms with Gasteiger partial charge >= 0.3 is 0 Å². The van der Waals surface area contributed by atoms with Crippen molar-refractivity contribution in [2.45, 2.75) is 57.9 Å². The standard InChI is InChI=1S/C16H25N/c1-16(2,3)14-10-8-13(9-11-14)15-7-5-4-6-12-17-15/h8-11,15,17H,4-7,12H2,1-3H3/p+1/t15-/m1/s1. The third-order valence-electron chi connectivity index (χ3n) is 3.88. The highest BCUT2D eigenvalue weighted by molar-refractivity contribution is 5.28. The molecule has 0 bridgehead atoms. The SMILES string of the molecule is CC(C)(C)c1ccc([C@H]2CCCCC[NH2+]2)cc1. The van der Waals surface area contributed by atoms with Gasteiger partial charge in [-0.2, -0.15) is 0 Å². The number of hydrogen-bond donors (Lipinski definition) is 1. The highest BCUT2D eigenvalue weighted by Gasteiger charge is 2.18. The van der Waals surface area contributed by atoms with E-state index in [2.05, 4.69) is 50.4 Å². The Morgan fingerprint density at radius 1 is 1.00 bits per heavy atom. The summed E-state index contributed by atoms with van der Waals surface area (Å²) in [6.45, 7) is 8.13. The number of rotatable bonds is 1. The maximum Gasteiger partial charge on any atom is 0.112 e. The minimum absolute atomic E-state index is 0.270. The van der Waals surface area contributed by atoms with Gasteiger partial charge in [-0.1, -0.05) is 45.0 Å². The van der Waals surface area contributed by atoms with Crippen molar-refractivity contribution in [2.24, 2.45) is 0 Å². The van der Waals surface area contributed by atoms with Gasteiger partial charge in [-0.3, -0.25) is 0 Å². The molecule has 0 unspecified atom stereocenters. The Bertz CT molecular complexity index is 337. The third-order valence-corrected chi connectivity index (χ3v) is 3.88. The van der Waals surface area contributed by atoms with Crippen LogP contribution in [-0.4, -0.2) is 6.54 Å². The van der Waals surface area contributed by atoms with E-state index in [0.29, 0.717) is 6.04 Å². The van der Waals surface area contributed by atoms with E-state index in [4.69, 9.17) is 0 Å². The van der Waals surface area contributed by atoms with Gasteiger partial charge in [0.05, 0.1) is 6.54 Å². The Labute approximate surface area is 106 Å². The summed E-state index contributed by atoms with van der Waals surface area (Å²) in [6, 6.07) is 10.0. The molecule has 17 heavy (non-hydrogen) atoms. The van der Waals surface area contributed by atoms with Gasteiger partial charge in [0.15, 0.2) is 0 Å².